The standard InChI is InChI=1S/C18H24N4S/c1-5-16-13-22(12-11-18(16)14(2)15(3)21-4)23(19,20)17-9-7-6-8-10-17/h1,6-10,14,19-20H,11-13H2,2-4H3. The van der Waals surface area contributed by atoms with Crippen molar-refractivity contribution in [3.05, 3.63) is 41.5 Å². The molecule has 0 spiro atoms. The average molecular weight is 328 g/mol. The lowest BCUT2D eigenvalue weighted by atomic mass is 9.88. The largest absolute Gasteiger partial charge is 0.297 e. The molecule has 0 aliphatic carbocycles. The van der Waals surface area contributed by atoms with Crippen LogP contribution in [0, 0.1) is 27.8 Å². The van der Waals surface area contributed by atoms with E-state index in [4.69, 9.17) is 16.0 Å². The molecule has 1 aliphatic rings. The van der Waals surface area contributed by atoms with Gasteiger partial charge in [0.05, 0.1) is 0 Å². The van der Waals surface area contributed by atoms with Crippen molar-refractivity contribution in [3.8, 4) is 12.3 Å². The van der Waals surface area contributed by atoms with E-state index in [1.807, 2.05) is 41.6 Å². The molecule has 0 fully saturated rings. The normalized spacial score (nSPS) is 18.6. The minimum atomic E-state index is -2.51. The van der Waals surface area contributed by atoms with Crippen LogP contribution in [0.4, 0.5) is 0 Å². The summed E-state index contributed by atoms with van der Waals surface area (Å²) in [5.74, 6) is 3.02. The highest BCUT2D eigenvalue weighted by molar-refractivity contribution is 7.91. The van der Waals surface area contributed by atoms with Crippen LogP contribution in [0.1, 0.15) is 20.3 Å². The van der Waals surface area contributed by atoms with Crippen molar-refractivity contribution in [3.63, 3.8) is 0 Å². The number of rotatable bonds is 4. The molecule has 2 N–H and O–H groups in total. The van der Waals surface area contributed by atoms with Crippen molar-refractivity contribution in [1.82, 2.24) is 4.31 Å². The fraction of sp³-hybridized carbons (Fsp3) is 0.389. The maximum absolute atomic E-state index is 8.58. The van der Waals surface area contributed by atoms with Crippen LogP contribution in [0.25, 0.3) is 0 Å². The van der Waals surface area contributed by atoms with E-state index in [9.17, 15) is 0 Å². The lowest BCUT2D eigenvalue weighted by Crippen LogP contribution is -2.37. The van der Waals surface area contributed by atoms with Crippen LogP contribution in [0.15, 0.2) is 51.4 Å². The van der Waals surface area contributed by atoms with Crippen LogP contribution in [-0.2, 0) is 9.81 Å². The Labute approximate surface area is 139 Å². The maximum Gasteiger partial charge on any atom is 0.0439 e. The topological polar surface area (TPSA) is 63.3 Å². The number of terminal acetylenes is 1. The molecule has 1 atom stereocenters. The van der Waals surface area contributed by atoms with Crippen LogP contribution in [0.2, 0.25) is 0 Å². The molecule has 1 unspecified atom stereocenters. The van der Waals surface area contributed by atoms with Gasteiger partial charge in [0.25, 0.3) is 0 Å². The predicted octanol–water partition coefficient (Wildman–Crippen LogP) is 4.00. The first-order valence-electron chi connectivity index (χ1n) is 7.66. The zero-order valence-electron chi connectivity index (χ0n) is 14.0. The molecule has 0 amide bonds. The highest BCUT2D eigenvalue weighted by Gasteiger charge is 2.27. The molecule has 0 saturated heterocycles. The third-order valence-electron chi connectivity index (χ3n) is 4.50. The number of nitrogens with one attached hydrogen (secondary N) is 2. The van der Waals surface area contributed by atoms with Gasteiger partial charge in [-0.25, -0.2) is 4.31 Å². The Balaban J connectivity index is 2.33. The van der Waals surface area contributed by atoms with Gasteiger partial charge in [-0.15, -0.1) is 6.42 Å². The summed E-state index contributed by atoms with van der Waals surface area (Å²) in [7, 11) is -0.706. The summed E-state index contributed by atoms with van der Waals surface area (Å²) in [6.45, 7) is 5.35. The van der Waals surface area contributed by atoms with Crippen molar-refractivity contribution < 1.29 is 0 Å². The fourth-order valence-electron chi connectivity index (χ4n) is 2.82. The summed E-state index contributed by atoms with van der Waals surface area (Å²) in [5.41, 5.74) is 3.22. The van der Waals surface area contributed by atoms with Gasteiger partial charge in [0.1, 0.15) is 0 Å². The average Bonchev–Trinajstić information content (AvgIpc) is 2.60. The highest BCUT2D eigenvalue weighted by Crippen LogP contribution is 2.29. The molecule has 1 aromatic carbocycles. The van der Waals surface area contributed by atoms with Gasteiger partial charge in [0.15, 0.2) is 0 Å². The first-order valence-corrected chi connectivity index (χ1v) is 9.25. The number of benzene rings is 1. The molecule has 1 aliphatic heterocycles. The van der Waals surface area contributed by atoms with Crippen LogP contribution < -0.4 is 0 Å². The lowest BCUT2D eigenvalue weighted by Gasteiger charge is -2.34. The summed E-state index contributed by atoms with van der Waals surface area (Å²) in [6.07, 6.45) is 6.53. The summed E-state index contributed by atoms with van der Waals surface area (Å²) in [6, 6.07) is 9.41. The van der Waals surface area contributed by atoms with Crippen molar-refractivity contribution in [2.24, 2.45) is 10.9 Å². The predicted molar refractivity (Wildman–Crippen MR) is 97.8 cm³/mol. The monoisotopic (exact) mass is 328 g/mol. The van der Waals surface area contributed by atoms with Gasteiger partial charge in [-0.2, -0.15) is 0 Å². The van der Waals surface area contributed by atoms with E-state index in [0.29, 0.717) is 13.1 Å². The van der Waals surface area contributed by atoms with Crippen molar-refractivity contribution in [2.75, 3.05) is 20.1 Å². The second-order valence-electron chi connectivity index (χ2n) is 5.74. The minimum absolute atomic E-state index is 0.228. The van der Waals surface area contributed by atoms with Crippen LogP contribution in [-0.4, -0.2) is 30.2 Å². The molecular weight excluding hydrogens is 304 g/mol. The second-order valence-corrected chi connectivity index (χ2v) is 7.89. The van der Waals surface area contributed by atoms with Crippen LogP contribution >= 0.6 is 0 Å². The summed E-state index contributed by atoms with van der Waals surface area (Å²) < 4.78 is 19.1. The Bertz CT molecular complexity index is 767. The third-order valence-corrected chi connectivity index (χ3v) is 6.54. The maximum atomic E-state index is 8.58. The Morgan fingerprint density at radius 2 is 2.00 bits per heavy atom. The Hall–Kier alpha value is -1.90. The molecule has 0 saturated carbocycles. The summed E-state index contributed by atoms with van der Waals surface area (Å²) >= 11 is 0. The number of nitrogens with zero attached hydrogens (tertiary/aromatic N) is 2. The van der Waals surface area contributed by atoms with E-state index in [-0.39, 0.29) is 5.92 Å². The molecule has 4 nitrogen and oxygen atoms in total. The zero-order valence-corrected chi connectivity index (χ0v) is 14.8. The molecule has 0 radical (unpaired) electrons. The van der Waals surface area contributed by atoms with E-state index in [2.05, 4.69) is 17.8 Å². The minimum Gasteiger partial charge on any atom is -0.297 e. The smallest absolute Gasteiger partial charge is 0.0439 e. The first-order chi connectivity index (χ1) is 10.9. The van der Waals surface area contributed by atoms with Gasteiger partial charge in [-0.05, 0) is 31.1 Å². The SMILES string of the molecule is C#CC1=C(C(C)C(C)=NC)CCN(S(=N)(=N)c2ccccc2)C1. The molecule has 1 aromatic rings. The van der Waals surface area contributed by atoms with Crippen LogP contribution in [0.3, 0.4) is 0 Å². The summed E-state index contributed by atoms with van der Waals surface area (Å²) in [5, 5.41) is 0. The number of aliphatic imine (C=N–C) groups is 1. The van der Waals surface area contributed by atoms with Crippen molar-refractivity contribution in [1.29, 1.82) is 9.56 Å². The van der Waals surface area contributed by atoms with Gasteiger partial charge in [-0.3, -0.25) is 14.6 Å². The summed E-state index contributed by atoms with van der Waals surface area (Å²) in [4.78, 5) is 5.03. The second kappa shape index (κ2) is 7.12. The van der Waals surface area contributed by atoms with E-state index >= 15 is 0 Å². The van der Waals surface area contributed by atoms with E-state index in [0.717, 1.165) is 22.6 Å². The quantitative estimate of drug-likeness (QED) is 0.637. The number of hydrogen-bond acceptors (Lipinski definition) is 3. The molecule has 0 bridgehead atoms. The third kappa shape index (κ3) is 3.54. The number of hydrogen-bond donors (Lipinski definition) is 2. The highest BCUT2D eigenvalue weighted by atomic mass is 32.2. The van der Waals surface area contributed by atoms with Crippen LogP contribution in [0.5, 0.6) is 0 Å². The molecular formula is C18H24N4S. The van der Waals surface area contributed by atoms with Gasteiger partial charge >= 0.3 is 0 Å². The molecule has 122 valence electrons. The van der Waals surface area contributed by atoms with Gasteiger partial charge in [-0.1, -0.05) is 31.0 Å². The first kappa shape index (κ1) is 17.5. The van der Waals surface area contributed by atoms with E-state index < -0.39 is 9.81 Å². The molecule has 0 aromatic heterocycles. The molecule has 23 heavy (non-hydrogen) atoms. The fourth-order valence-corrected chi connectivity index (χ4v) is 4.35. The van der Waals surface area contributed by atoms with E-state index in [1.165, 1.54) is 5.57 Å². The van der Waals surface area contributed by atoms with Gasteiger partial charge in [0, 0.05) is 52.0 Å². The van der Waals surface area contributed by atoms with Crippen molar-refractivity contribution >= 4 is 15.5 Å². The molecule has 2 rings (SSSR count). The molecule has 5 heteroatoms. The Morgan fingerprint density at radius 3 is 2.57 bits per heavy atom. The van der Waals surface area contributed by atoms with E-state index in [1.54, 1.807) is 7.05 Å². The Morgan fingerprint density at radius 1 is 1.35 bits per heavy atom. The Kier molecular flexibility index (Phi) is 5.40. The van der Waals surface area contributed by atoms with Gasteiger partial charge < -0.3 is 0 Å². The lowest BCUT2D eigenvalue weighted by molar-refractivity contribution is 0.465. The van der Waals surface area contributed by atoms with Crippen molar-refractivity contribution in [2.45, 2.75) is 25.2 Å². The zero-order chi connectivity index (χ0) is 17.0. The molecule has 1 heterocycles. The van der Waals surface area contributed by atoms with Gasteiger partial charge in [0.2, 0.25) is 0 Å².